The van der Waals surface area contributed by atoms with Gasteiger partial charge in [0.1, 0.15) is 17.9 Å². The first-order valence-electron chi connectivity index (χ1n) is 8.95. The van der Waals surface area contributed by atoms with Crippen molar-refractivity contribution < 1.29 is 24.6 Å². The maximum Gasteiger partial charge on any atom is 0.372 e. The largest absolute Gasteiger partial charge is 0.475 e. The lowest BCUT2D eigenvalue weighted by atomic mass is 10.1. The molecule has 11 heteroatoms. The van der Waals surface area contributed by atoms with Crippen molar-refractivity contribution in [3.8, 4) is 0 Å². The molecular formula is C19H16ClN5O5. The van der Waals surface area contributed by atoms with Gasteiger partial charge < -0.3 is 25.0 Å². The number of fused-ring (bicyclic) bond motifs is 1. The monoisotopic (exact) mass is 429 g/mol. The molecule has 0 atom stereocenters. The van der Waals surface area contributed by atoms with Crippen molar-refractivity contribution in [3.05, 3.63) is 52.9 Å². The SMILES string of the molecule is O=C(Cn1c(C(=O)O)nc2c(C(=O)N3CC(O)C3)cccc21)Nc1ccc(Cl)cn1. The van der Waals surface area contributed by atoms with Gasteiger partial charge in [-0.2, -0.15) is 0 Å². The Morgan fingerprint density at radius 2 is 1.97 bits per heavy atom. The molecule has 0 bridgehead atoms. The second kappa shape index (κ2) is 7.73. The number of halogens is 1. The topological polar surface area (TPSA) is 138 Å². The number of β-amino-alcohol motifs (C(OH)–C–C–N with tert-alkyl or cyclic N) is 1. The number of carboxylic acid groups (broad SMARTS) is 1. The van der Waals surface area contributed by atoms with Crippen molar-refractivity contribution >= 4 is 46.2 Å². The zero-order chi connectivity index (χ0) is 21.4. The highest BCUT2D eigenvalue weighted by Gasteiger charge is 2.31. The Kier molecular flexibility index (Phi) is 5.10. The summed E-state index contributed by atoms with van der Waals surface area (Å²) in [4.78, 5) is 46.4. The third-order valence-electron chi connectivity index (χ3n) is 4.65. The average Bonchev–Trinajstić information content (AvgIpc) is 3.05. The lowest BCUT2D eigenvalue weighted by Crippen LogP contribution is -2.53. The first-order valence-corrected chi connectivity index (χ1v) is 9.32. The standard InChI is InChI=1S/C19H16ClN5O5/c20-10-4-5-14(21-6-10)22-15(27)9-25-13-3-1-2-12(16(13)23-17(25)19(29)30)18(28)24-7-11(26)8-24/h1-6,11,26H,7-9H2,(H,29,30)(H,21,22,27). The van der Waals surface area contributed by atoms with Crippen LogP contribution in [0.25, 0.3) is 11.0 Å². The molecule has 1 aliphatic rings. The number of aliphatic hydroxyl groups excluding tert-OH is 1. The van der Waals surface area contributed by atoms with E-state index in [0.717, 1.165) is 0 Å². The highest BCUT2D eigenvalue weighted by atomic mass is 35.5. The number of rotatable bonds is 5. The van der Waals surface area contributed by atoms with Gasteiger partial charge in [0.05, 0.1) is 22.2 Å². The van der Waals surface area contributed by atoms with Crippen LogP contribution in [-0.2, 0) is 11.3 Å². The number of likely N-dealkylation sites (tertiary alicyclic amines) is 1. The Labute approximate surface area is 174 Å². The van der Waals surface area contributed by atoms with Crippen molar-refractivity contribution in [1.82, 2.24) is 19.4 Å². The van der Waals surface area contributed by atoms with Crippen LogP contribution in [0.1, 0.15) is 21.0 Å². The molecular weight excluding hydrogens is 414 g/mol. The van der Waals surface area contributed by atoms with Crippen LogP contribution in [-0.4, -0.2) is 66.6 Å². The van der Waals surface area contributed by atoms with Gasteiger partial charge in [-0.1, -0.05) is 17.7 Å². The molecule has 0 spiro atoms. The van der Waals surface area contributed by atoms with Crippen LogP contribution in [0.3, 0.4) is 0 Å². The quantitative estimate of drug-likeness (QED) is 0.554. The Bertz CT molecular complexity index is 1150. The van der Waals surface area contributed by atoms with E-state index < -0.39 is 18.0 Å². The van der Waals surface area contributed by atoms with Gasteiger partial charge in [-0.15, -0.1) is 0 Å². The first kappa shape index (κ1) is 19.8. The summed E-state index contributed by atoms with van der Waals surface area (Å²) in [6, 6.07) is 7.79. The Morgan fingerprint density at radius 3 is 2.60 bits per heavy atom. The predicted molar refractivity (Wildman–Crippen MR) is 106 cm³/mol. The number of para-hydroxylation sites is 1. The Hall–Kier alpha value is -3.50. The Morgan fingerprint density at radius 1 is 1.20 bits per heavy atom. The van der Waals surface area contributed by atoms with Gasteiger partial charge in [-0.05, 0) is 24.3 Å². The fraction of sp³-hybridized carbons (Fsp3) is 0.211. The number of hydrogen-bond acceptors (Lipinski definition) is 6. The normalized spacial score (nSPS) is 13.9. The van der Waals surface area contributed by atoms with E-state index in [1.807, 2.05) is 0 Å². The number of aromatic nitrogens is 3. The summed E-state index contributed by atoms with van der Waals surface area (Å²) in [5, 5.41) is 22.0. The molecule has 1 saturated heterocycles. The summed E-state index contributed by atoms with van der Waals surface area (Å²) in [6.07, 6.45) is 0.808. The van der Waals surface area contributed by atoms with Crippen molar-refractivity contribution in [3.63, 3.8) is 0 Å². The summed E-state index contributed by atoms with van der Waals surface area (Å²) >= 11 is 5.77. The Balaban J connectivity index is 1.66. The zero-order valence-corrected chi connectivity index (χ0v) is 16.2. The predicted octanol–water partition coefficient (Wildman–Crippen LogP) is 1.24. The van der Waals surface area contributed by atoms with Gasteiger partial charge in [0, 0.05) is 19.3 Å². The number of pyridine rings is 1. The molecule has 3 heterocycles. The number of amides is 2. The molecule has 30 heavy (non-hydrogen) atoms. The molecule has 0 aliphatic carbocycles. The van der Waals surface area contributed by atoms with E-state index in [2.05, 4.69) is 15.3 Å². The van der Waals surface area contributed by atoms with Crippen LogP contribution in [0.2, 0.25) is 5.02 Å². The van der Waals surface area contributed by atoms with Crippen molar-refractivity contribution in [2.75, 3.05) is 18.4 Å². The highest BCUT2D eigenvalue weighted by molar-refractivity contribution is 6.30. The minimum atomic E-state index is -1.33. The molecule has 10 nitrogen and oxygen atoms in total. The van der Waals surface area contributed by atoms with E-state index in [4.69, 9.17) is 11.6 Å². The number of nitrogens with one attached hydrogen (secondary N) is 1. The number of hydrogen-bond donors (Lipinski definition) is 3. The van der Waals surface area contributed by atoms with E-state index >= 15 is 0 Å². The van der Waals surface area contributed by atoms with Crippen LogP contribution in [0.4, 0.5) is 5.82 Å². The average molecular weight is 430 g/mol. The van der Waals surface area contributed by atoms with Crippen molar-refractivity contribution in [2.24, 2.45) is 0 Å². The fourth-order valence-corrected chi connectivity index (χ4v) is 3.32. The highest BCUT2D eigenvalue weighted by Crippen LogP contribution is 2.24. The van der Waals surface area contributed by atoms with Gasteiger partial charge in [-0.3, -0.25) is 9.59 Å². The number of carbonyl (C=O) groups excluding carboxylic acids is 2. The van der Waals surface area contributed by atoms with Crippen LogP contribution >= 0.6 is 11.6 Å². The van der Waals surface area contributed by atoms with Crippen LogP contribution < -0.4 is 5.32 Å². The molecule has 4 rings (SSSR count). The lowest BCUT2D eigenvalue weighted by Gasteiger charge is -2.35. The zero-order valence-electron chi connectivity index (χ0n) is 15.4. The van der Waals surface area contributed by atoms with Gasteiger partial charge in [-0.25, -0.2) is 14.8 Å². The maximum atomic E-state index is 12.7. The van der Waals surface area contributed by atoms with E-state index in [1.165, 1.54) is 27.8 Å². The van der Waals surface area contributed by atoms with Crippen molar-refractivity contribution in [1.29, 1.82) is 0 Å². The molecule has 154 valence electrons. The number of nitrogens with zero attached hydrogens (tertiary/aromatic N) is 4. The van der Waals surface area contributed by atoms with E-state index in [1.54, 1.807) is 18.2 Å². The number of carbonyl (C=O) groups is 3. The minimum absolute atomic E-state index is 0.179. The van der Waals surface area contributed by atoms with Crippen molar-refractivity contribution in [2.45, 2.75) is 12.6 Å². The summed E-state index contributed by atoms with van der Waals surface area (Å²) in [5.41, 5.74) is 0.720. The van der Waals surface area contributed by atoms with Crippen LogP contribution in [0, 0.1) is 0 Å². The number of aliphatic hydroxyl groups is 1. The van der Waals surface area contributed by atoms with Crippen LogP contribution in [0.15, 0.2) is 36.5 Å². The summed E-state index contributed by atoms with van der Waals surface area (Å²) in [6.45, 7) is 0.0684. The number of aromatic carboxylic acids is 1. The van der Waals surface area contributed by atoms with Gasteiger partial charge >= 0.3 is 5.97 Å². The molecule has 0 saturated carbocycles. The first-order chi connectivity index (χ1) is 14.3. The minimum Gasteiger partial charge on any atom is -0.475 e. The molecule has 0 unspecified atom stereocenters. The summed E-state index contributed by atoms with van der Waals surface area (Å²) < 4.78 is 1.23. The number of benzene rings is 1. The fourth-order valence-electron chi connectivity index (χ4n) is 3.21. The smallest absolute Gasteiger partial charge is 0.372 e. The van der Waals surface area contributed by atoms with E-state index in [9.17, 15) is 24.6 Å². The molecule has 2 aromatic heterocycles. The second-order valence-corrected chi connectivity index (χ2v) is 7.21. The summed E-state index contributed by atoms with van der Waals surface area (Å²) in [5.74, 6) is -2.32. The number of anilines is 1. The van der Waals surface area contributed by atoms with Gasteiger partial charge in [0.25, 0.3) is 5.91 Å². The molecule has 1 fully saturated rings. The van der Waals surface area contributed by atoms with E-state index in [0.29, 0.717) is 10.5 Å². The molecule has 1 aromatic carbocycles. The lowest BCUT2D eigenvalue weighted by molar-refractivity contribution is -0.116. The second-order valence-electron chi connectivity index (χ2n) is 6.77. The van der Waals surface area contributed by atoms with Crippen LogP contribution in [0.5, 0.6) is 0 Å². The van der Waals surface area contributed by atoms with E-state index in [-0.39, 0.29) is 48.3 Å². The molecule has 2 amide bonds. The van der Waals surface area contributed by atoms with Gasteiger partial charge in [0.15, 0.2) is 0 Å². The van der Waals surface area contributed by atoms with Gasteiger partial charge in [0.2, 0.25) is 11.7 Å². The molecule has 3 aromatic rings. The number of carboxylic acids is 1. The third-order valence-corrected chi connectivity index (χ3v) is 4.87. The molecule has 1 aliphatic heterocycles. The molecule has 3 N–H and O–H groups in total. The molecule has 0 radical (unpaired) electrons. The number of imidazole rings is 1. The third kappa shape index (κ3) is 3.70. The summed E-state index contributed by atoms with van der Waals surface area (Å²) in [7, 11) is 0. The maximum absolute atomic E-state index is 12.7.